The van der Waals surface area contributed by atoms with E-state index in [1.165, 1.54) is 9.80 Å². The molecule has 3 heterocycles. The molecule has 3 rings (SSSR count). The molecule has 0 bridgehead atoms. The lowest BCUT2D eigenvalue weighted by molar-refractivity contribution is -0.677. The van der Waals surface area contributed by atoms with E-state index >= 15 is 0 Å². The van der Waals surface area contributed by atoms with E-state index in [9.17, 15) is 9.59 Å². The van der Waals surface area contributed by atoms with Gasteiger partial charge in [0.15, 0.2) is 0 Å². The zero-order valence-corrected chi connectivity index (χ0v) is 13.2. The van der Waals surface area contributed by atoms with Gasteiger partial charge in [-0.15, -0.1) is 0 Å². The smallest absolute Gasteiger partial charge is 0.381 e. The van der Waals surface area contributed by atoms with Crippen LogP contribution in [0.2, 0.25) is 0 Å². The second-order valence-electron chi connectivity index (χ2n) is 5.42. The third-order valence-corrected chi connectivity index (χ3v) is 4.16. The Morgan fingerprint density at radius 2 is 2.14 bits per heavy atom. The number of methoxy groups -OCH3 is 1. The molecule has 1 fully saturated rings. The van der Waals surface area contributed by atoms with Gasteiger partial charge in [0.05, 0.1) is 13.2 Å². The third kappa shape index (κ3) is 1.87. The molecule has 8 heteroatoms. The maximum Gasteiger partial charge on any atom is 0.402 e. The minimum atomic E-state index is -0.555. The van der Waals surface area contributed by atoms with Crippen LogP contribution in [0.4, 0.5) is 10.7 Å². The largest absolute Gasteiger partial charge is 0.402 e. The first kappa shape index (κ1) is 14.7. The number of carbonyl (C=O) groups excluding carboxylic acids is 2. The number of likely N-dealkylation sites (N-methyl/N-ethyl adjacent to an activating group) is 2. The summed E-state index contributed by atoms with van der Waals surface area (Å²) in [5, 5.41) is 0. The molecule has 1 aromatic rings. The van der Waals surface area contributed by atoms with E-state index in [-0.39, 0.29) is 11.9 Å². The first-order valence-corrected chi connectivity index (χ1v) is 7.29. The highest BCUT2D eigenvalue weighted by Crippen LogP contribution is 2.28. The van der Waals surface area contributed by atoms with Crippen molar-refractivity contribution in [1.29, 1.82) is 0 Å². The fourth-order valence-electron chi connectivity index (χ4n) is 2.98. The molecule has 1 atom stereocenters. The summed E-state index contributed by atoms with van der Waals surface area (Å²) in [6, 6.07) is -0.881. The molecule has 0 saturated carbocycles. The molecule has 0 aliphatic carbocycles. The summed E-state index contributed by atoms with van der Waals surface area (Å²) in [6.07, 6.45) is 1.90. The monoisotopic (exact) mass is 306 g/mol. The molecule has 8 nitrogen and oxygen atoms in total. The predicted molar refractivity (Wildman–Crippen MR) is 77.9 cm³/mol. The van der Waals surface area contributed by atoms with Crippen LogP contribution in [0.3, 0.4) is 0 Å². The number of imide groups is 1. The Hall–Kier alpha value is -2.22. The molecule has 1 unspecified atom stereocenters. The Bertz CT molecular complexity index is 678. The molecule has 0 aromatic carbocycles. The number of carbonyl (C=O) groups is 2. The van der Waals surface area contributed by atoms with Crippen LogP contribution in [0.5, 0.6) is 0 Å². The number of urea groups is 1. The van der Waals surface area contributed by atoms with Crippen LogP contribution in [0, 0.1) is 6.92 Å². The highest BCUT2D eigenvalue weighted by molar-refractivity contribution is 6.19. The van der Waals surface area contributed by atoms with Crippen molar-refractivity contribution < 1.29 is 18.9 Å². The van der Waals surface area contributed by atoms with E-state index in [1.807, 2.05) is 22.3 Å². The molecule has 22 heavy (non-hydrogen) atoms. The second-order valence-corrected chi connectivity index (χ2v) is 5.42. The summed E-state index contributed by atoms with van der Waals surface area (Å²) in [5.41, 5.74) is 1.00. The Morgan fingerprint density at radius 3 is 2.77 bits per heavy atom. The average Bonchev–Trinajstić information content (AvgIpc) is 2.99. The van der Waals surface area contributed by atoms with Gasteiger partial charge in [-0.1, -0.05) is 4.99 Å². The number of hydrogen-bond donors (Lipinski definition) is 0. The highest BCUT2D eigenvalue weighted by Gasteiger charge is 2.52. The topological polar surface area (TPSA) is 71.0 Å². The summed E-state index contributed by atoms with van der Waals surface area (Å²) in [5.74, 6) is 0.943. The molecule has 0 radical (unpaired) electrons. The molecular formula is C14H20N5O3+. The molecule has 1 aromatic heterocycles. The molecular weight excluding hydrogens is 286 g/mol. The Balaban J connectivity index is 2.07. The van der Waals surface area contributed by atoms with Crippen LogP contribution in [-0.4, -0.2) is 59.4 Å². The summed E-state index contributed by atoms with van der Waals surface area (Å²) >= 11 is 0. The fraction of sp³-hybridized carbons (Fsp3) is 0.571. The van der Waals surface area contributed by atoms with Crippen molar-refractivity contribution in [2.24, 2.45) is 4.99 Å². The van der Waals surface area contributed by atoms with Crippen molar-refractivity contribution in [3.8, 4) is 0 Å². The number of imidazole rings is 1. The van der Waals surface area contributed by atoms with E-state index in [0.717, 1.165) is 5.69 Å². The van der Waals surface area contributed by atoms with Gasteiger partial charge in [0.1, 0.15) is 11.9 Å². The molecule has 0 spiro atoms. The first-order valence-electron chi connectivity index (χ1n) is 7.29. The predicted octanol–water partition coefficient (Wildman–Crippen LogP) is 0.229. The summed E-state index contributed by atoms with van der Waals surface area (Å²) < 4.78 is 8.96. The van der Waals surface area contributed by atoms with Gasteiger partial charge >= 0.3 is 12.0 Å². The lowest BCUT2D eigenvalue weighted by atomic mass is 10.1. The number of rotatable bonds is 4. The normalized spacial score (nSPS) is 20.4. The Kier molecular flexibility index (Phi) is 3.48. The molecule has 0 N–H and O–H groups in total. The third-order valence-electron chi connectivity index (χ3n) is 4.16. The van der Waals surface area contributed by atoms with Crippen LogP contribution < -0.4 is 4.57 Å². The minimum Gasteiger partial charge on any atom is -0.381 e. The number of aliphatic imine (C=N–C) groups is 1. The van der Waals surface area contributed by atoms with Gasteiger partial charge in [-0.05, 0) is 13.8 Å². The number of fused-ring (bicyclic) bond motifs is 3. The number of amides is 3. The number of aryl methyl sites for hydroxylation is 1. The Morgan fingerprint density at radius 1 is 1.41 bits per heavy atom. The minimum absolute atomic E-state index is 0.225. The van der Waals surface area contributed by atoms with Gasteiger partial charge in [0.2, 0.25) is 11.9 Å². The number of amidine groups is 1. The van der Waals surface area contributed by atoms with Gasteiger partial charge in [-0.3, -0.25) is 14.6 Å². The zero-order chi connectivity index (χ0) is 16.0. The van der Waals surface area contributed by atoms with Crippen molar-refractivity contribution in [2.45, 2.75) is 26.4 Å². The summed E-state index contributed by atoms with van der Waals surface area (Å²) in [4.78, 5) is 32.1. The van der Waals surface area contributed by atoms with Gasteiger partial charge in [-0.25, -0.2) is 13.9 Å². The van der Waals surface area contributed by atoms with Crippen LogP contribution in [0.1, 0.15) is 18.7 Å². The number of hydrogen-bond acceptors (Lipinski definition) is 4. The van der Waals surface area contributed by atoms with Crippen LogP contribution in [0.15, 0.2) is 11.2 Å². The molecule has 118 valence electrons. The van der Waals surface area contributed by atoms with Crippen molar-refractivity contribution in [2.75, 3.05) is 27.3 Å². The van der Waals surface area contributed by atoms with Gasteiger partial charge in [0, 0.05) is 20.7 Å². The van der Waals surface area contributed by atoms with Crippen LogP contribution in [0.25, 0.3) is 0 Å². The number of nitrogens with zero attached hydrogens (tertiary/aromatic N) is 5. The van der Waals surface area contributed by atoms with Gasteiger partial charge in [0.25, 0.3) is 5.91 Å². The van der Waals surface area contributed by atoms with E-state index in [1.54, 1.807) is 21.1 Å². The van der Waals surface area contributed by atoms with Gasteiger partial charge < -0.3 is 4.74 Å². The van der Waals surface area contributed by atoms with Crippen molar-refractivity contribution in [1.82, 2.24) is 14.4 Å². The molecule has 2 aliphatic rings. The maximum absolute atomic E-state index is 12.6. The average molecular weight is 306 g/mol. The first-order chi connectivity index (χ1) is 10.5. The summed E-state index contributed by atoms with van der Waals surface area (Å²) in [6.45, 7) is 5.32. The van der Waals surface area contributed by atoms with E-state index in [4.69, 9.17) is 4.74 Å². The van der Waals surface area contributed by atoms with Gasteiger partial charge in [-0.2, -0.15) is 0 Å². The molecule has 3 amide bonds. The fourth-order valence-corrected chi connectivity index (χ4v) is 2.98. The van der Waals surface area contributed by atoms with Crippen molar-refractivity contribution in [3.63, 3.8) is 0 Å². The second kappa shape index (κ2) is 5.20. The lowest BCUT2D eigenvalue weighted by Crippen LogP contribution is -2.62. The van der Waals surface area contributed by atoms with E-state index in [0.29, 0.717) is 31.5 Å². The van der Waals surface area contributed by atoms with Crippen molar-refractivity contribution in [3.05, 3.63) is 11.9 Å². The van der Waals surface area contributed by atoms with E-state index < -0.39 is 6.04 Å². The standard InChI is InChI=1S/C14H20N5O3/c1-5-17-12(20)10-11(16(3)14(17)21)15-13-18(6-7-22-4)9(2)8-19(10)13/h8,10H,5-7H2,1-4H3/q+1. The molecule has 2 aliphatic heterocycles. The highest BCUT2D eigenvalue weighted by atomic mass is 16.5. The quantitative estimate of drug-likeness (QED) is 0.748. The zero-order valence-electron chi connectivity index (χ0n) is 13.2. The van der Waals surface area contributed by atoms with Crippen LogP contribution in [-0.2, 0) is 16.1 Å². The van der Waals surface area contributed by atoms with Crippen molar-refractivity contribution >= 4 is 23.7 Å². The number of ether oxygens (including phenoxy) is 1. The maximum atomic E-state index is 12.6. The number of aromatic nitrogens is 2. The Labute approximate surface area is 128 Å². The van der Waals surface area contributed by atoms with E-state index in [2.05, 4.69) is 4.99 Å². The SMILES string of the molecule is CCN1C(=O)C2C(=Nc3n(CCOC)c(C)c[n+]32)N(C)C1=O. The lowest BCUT2D eigenvalue weighted by Gasteiger charge is -2.32. The molecule has 1 saturated heterocycles. The summed E-state index contributed by atoms with van der Waals surface area (Å²) in [7, 11) is 3.30. The van der Waals surface area contributed by atoms with Crippen LogP contribution >= 0.6 is 0 Å².